The van der Waals surface area contributed by atoms with Crippen LogP contribution in [-0.2, 0) is 7.05 Å². The summed E-state index contributed by atoms with van der Waals surface area (Å²) in [7, 11) is 2.12. The van der Waals surface area contributed by atoms with Gasteiger partial charge < -0.3 is 9.13 Å². The van der Waals surface area contributed by atoms with Crippen LogP contribution >= 0.6 is 0 Å². The molecule has 136 valence electrons. The number of benzene rings is 3. The third-order valence-corrected chi connectivity index (χ3v) is 5.64. The van der Waals surface area contributed by atoms with Crippen LogP contribution in [-0.4, -0.2) is 9.13 Å². The standard InChI is InChI=1S/C26H22N2/c1-4-10-23-19(5-2)22-17-18(15-16-24(22)27(23)3)28-25-13-8-6-11-20(25)21-12-7-9-14-26(21)28/h4-17H,2H2,1,3H3/b10-4-. The highest BCUT2D eigenvalue weighted by molar-refractivity contribution is 6.09. The van der Waals surface area contributed by atoms with Crippen molar-refractivity contribution >= 4 is 44.9 Å². The van der Waals surface area contributed by atoms with Gasteiger partial charge in [0.1, 0.15) is 0 Å². The van der Waals surface area contributed by atoms with Crippen molar-refractivity contribution in [2.75, 3.05) is 0 Å². The molecule has 0 aliphatic rings. The molecule has 0 unspecified atom stereocenters. The van der Waals surface area contributed by atoms with Crippen molar-refractivity contribution in [2.45, 2.75) is 6.92 Å². The Labute approximate surface area is 164 Å². The predicted molar refractivity (Wildman–Crippen MR) is 122 cm³/mol. The Balaban J connectivity index is 1.89. The van der Waals surface area contributed by atoms with Gasteiger partial charge in [0.05, 0.1) is 11.0 Å². The van der Waals surface area contributed by atoms with Gasteiger partial charge in [0.15, 0.2) is 0 Å². The largest absolute Gasteiger partial charge is 0.344 e. The van der Waals surface area contributed by atoms with Gasteiger partial charge in [-0.2, -0.15) is 0 Å². The first-order valence-electron chi connectivity index (χ1n) is 9.60. The number of aryl methyl sites for hydroxylation is 1. The van der Waals surface area contributed by atoms with E-state index in [-0.39, 0.29) is 0 Å². The third kappa shape index (κ3) is 2.21. The second-order valence-electron chi connectivity index (χ2n) is 7.13. The lowest BCUT2D eigenvalue weighted by Gasteiger charge is -2.09. The van der Waals surface area contributed by atoms with Gasteiger partial charge in [-0.15, -0.1) is 0 Å². The molecule has 2 heteroatoms. The van der Waals surface area contributed by atoms with Crippen molar-refractivity contribution in [3.8, 4) is 5.69 Å². The second kappa shape index (κ2) is 6.28. The van der Waals surface area contributed by atoms with Crippen LogP contribution < -0.4 is 0 Å². The smallest absolute Gasteiger partial charge is 0.0541 e. The Morgan fingerprint density at radius 2 is 1.43 bits per heavy atom. The molecule has 0 saturated heterocycles. The van der Waals surface area contributed by atoms with E-state index in [4.69, 9.17) is 0 Å². The van der Waals surface area contributed by atoms with Crippen molar-refractivity contribution in [2.24, 2.45) is 7.05 Å². The SMILES string of the molecule is C=Cc1c(/C=C\C)n(C)c2ccc(-n3c4ccccc4c4ccccc43)cc12. The number of hydrogen-bond acceptors (Lipinski definition) is 0. The summed E-state index contributed by atoms with van der Waals surface area (Å²) in [4.78, 5) is 0. The molecule has 28 heavy (non-hydrogen) atoms. The number of rotatable bonds is 3. The normalized spacial score (nSPS) is 11.9. The molecule has 0 amide bonds. The zero-order chi connectivity index (χ0) is 19.3. The van der Waals surface area contributed by atoms with Crippen LogP contribution in [0.2, 0.25) is 0 Å². The minimum absolute atomic E-state index is 1.17. The lowest BCUT2D eigenvalue weighted by molar-refractivity contribution is 0.952. The van der Waals surface area contributed by atoms with Crippen molar-refractivity contribution < 1.29 is 0 Å². The Kier molecular flexibility index (Phi) is 3.73. The van der Waals surface area contributed by atoms with Crippen LogP contribution in [0, 0.1) is 0 Å². The molecule has 2 nitrogen and oxygen atoms in total. The summed E-state index contributed by atoms with van der Waals surface area (Å²) in [5, 5.41) is 3.79. The molecule has 0 N–H and O–H groups in total. The number of para-hydroxylation sites is 2. The fourth-order valence-electron chi connectivity index (χ4n) is 4.39. The highest BCUT2D eigenvalue weighted by Gasteiger charge is 2.15. The van der Waals surface area contributed by atoms with E-state index in [1.165, 1.54) is 49.7 Å². The molecular formula is C26H22N2. The van der Waals surface area contributed by atoms with Gasteiger partial charge >= 0.3 is 0 Å². The summed E-state index contributed by atoms with van der Waals surface area (Å²) in [6.07, 6.45) is 6.19. The quantitative estimate of drug-likeness (QED) is 0.328. The van der Waals surface area contributed by atoms with Crippen LogP contribution in [0.25, 0.3) is 50.5 Å². The van der Waals surface area contributed by atoms with Crippen LogP contribution in [0.5, 0.6) is 0 Å². The highest BCUT2D eigenvalue weighted by atomic mass is 15.0. The number of nitrogens with zero attached hydrogens (tertiary/aromatic N) is 2. The Hall–Kier alpha value is -3.52. The van der Waals surface area contributed by atoms with Crippen molar-refractivity contribution in [3.63, 3.8) is 0 Å². The van der Waals surface area contributed by atoms with Crippen molar-refractivity contribution in [3.05, 3.63) is 90.6 Å². The molecule has 2 heterocycles. The van der Waals surface area contributed by atoms with Gasteiger partial charge in [0.2, 0.25) is 0 Å². The monoisotopic (exact) mass is 362 g/mol. The molecule has 5 aromatic rings. The van der Waals surface area contributed by atoms with Gasteiger partial charge in [0, 0.05) is 45.7 Å². The molecule has 0 aliphatic heterocycles. The number of allylic oxidation sites excluding steroid dienone is 1. The lowest BCUT2D eigenvalue weighted by Crippen LogP contribution is -1.94. The van der Waals surface area contributed by atoms with Crippen LogP contribution in [0.15, 0.2) is 79.4 Å². The zero-order valence-electron chi connectivity index (χ0n) is 16.2. The molecule has 2 aromatic heterocycles. The van der Waals surface area contributed by atoms with Gasteiger partial charge in [-0.1, -0.05) is 55.1 Å². The highest BCUT2D eigenvalue weighted by Crippen LogP contribution is 2.34. The first kappa shape index (κ1) is 16.6. The summed E-state index contributed by atoms with van der Waals surface area (Å²) in [5.41, 5.74) is 7.21. The van der Waals surface area contributed by atoms with Crippen LogP contribution in [0.1, 0.15) is 18.2 Å². The molecule has 3 aromatic carbocycles. The first-order valence-corrected chi connectivity index (χ1v) is 9.60. The van der Waals surface area contributed by atoms with E-state index in [1.807, 2.05) is 13.0 Å². The lowest BCUT2D eigenvalue weighted by atomic mass is 10.1. The van der Waals surface area contributed by atoms with E-state index in [1.54, 1.807) is 0 Å². The summed E-state index contributed by atoms with van der Waals surface area (Å²) in [5.74, 6) is 0. The first-order chi connectivity index (χ1) is 13.7. The minimum atomic E-state index is 1.17. The van der Waals surface area contributed by atoms with Gasteiger partial charge in [-0.05, 0) is 43.3 Å². The maximum absolute atomic E-state index is 4.08. The van der Waals surface area contributed by atoms with E-state index in [2.05, 4.69) is 102 Å². The molecule has 0 bridgehead atoms. The van der Waals surface area contributed by atoms with E-state index in [0.29, 0.717) is 0 Å². The predicted octanol–water partition coefficient (Wildman–Crippen LogP) is 6.95. The average Bonchev–Trinajstić information content (AvgIpc) is 3.20. The second-order valence-corrected chi connectivity index (χ2v) is 7.13. The summed E-state index contributed by atoms with van der Waals surface area (Å²) in [6, 6.07) is 24.0. The number of aromatic nitrogens is 2. The third-order valence-electron chi connectivity index (χ3n) is 5.64. The zero-order valence-corrected chi connectivity index (χ0v) is 16.2. The fourth-order valence-corrected chi connectivity index (χ4v) is 4.39. The van der Waals surface area contributed by atoms with Crippen molar-refractivity contribution in [1.82, 2.24) is 9.13 Å². The molecule has 0 aliphatic carbocycles. The molecule has 0 fully saturated rings. The van der Waals surface area contributed by atoms with E-state index in [0.717, 1.165) is 0 Å². The Bertz CT molecular complexity index is 1340. The molecular weight excluding hydrogens is 340 g/mol. The molecule has 0 radical (unpaired) electrons. The molecule has 5 rings (SSSR count). The molecule has 0 spiro atoms. The van der Waals surface area contributed by atoms with E-state index >= 15 is 0 Å². The van der Waals surface area contributed by atoms with Crippen LogP contribution in [0.4, 0.5) is 0 Å². The molecule has 0 atom stereocenters. The summed E-state index contributed by atoms with van der Waals surface area (Å²) >= 11 is 0. The van der Waals surface area contributed by atoms with Crippen LogP contribution in [0.3, 0.4) is 0 Å². The number of hydrogen-bond donors (Lipinski definition) is 0. The number of fused-ring (bicyclic) bond motifs is 4. The average molecular weight is 362 g/mol. The van der Waals surface area contributed by atoms with E-state index < -0.39 is 0 Å². The molecule has 0 saturated carbocycles. The maximum Gasteiger partial charge on any atom is 0.0541 e. The van der Waals surface area contributed by atoms with Gasteiger partial charge in [-0.3, -0.25) is 0 Å². The fraction of sp³-hybridized carbons (Fsp3) is 0.0769. The van der Waals surface area contributed by atoms with Crippen molar-refractivity contribution in [1.29, 1.82) is 0 Å². The maximum atomic E-state index is 4.08. The van der Waals surface area contributed by atoms with Gasteiger partial charge in [-0.25, -0.2) is 0 Å². The minimum Gasteiger partial charge on any atom is -0.344 e. The Morgan fingerprint density at radius 1 is 0.786 bits per heavy atom. The Morgan fingerprint density at radius 3 is 2.04 bits per heavy atom. The van der Waals surface area contributed by atoms with Gasteiger partial charge in [0.25, 0.3) is 0 Å². The summed E-state index contributed by atoms with van der Waals surface area (Å²) < 4.78 is 4.60. The summed E-state index contributed by atoms with van der Waals surface area (Å²) in [6.45, 7) is 6.13. The topological polar surface area (TPSA) is 9.86 Å². The van der Waals surface area contributed by atoms with E-state index in [9.17, 15) is 0 Å².